The first kappa shape index (κ1) is 33.6. The smallest absolute Gasteiger partial charge is 0.407 e. The number of carbonyl (C=O) groups excluding carboxylic acids is 3. The van der Waals surface area contributed by atoms with Crippen molar-refractivity contribution in [3.63, 3.8) is 0 Å². The molecule has 7 N–H and O–H groups in total. The summed E-state index contributed by atoms with van der Waals surface area (Å²) in [5.41, 5.74) is 7.26. The Kier molecular flexibility index (Phi) is 15.4. The summed E-state index contributed by atoms with van der Waals surface area (Å²) < 4.78 is 5.19. The van der Waals surface area contributed by atoms with Gasteiger partial charge >= 0.3 is 18.1 Å². The minimum absolute atomic E-state index is 0.0870. The molecule has 0 saturated heterocycles. The van der Waals surface area contributed by atoms with Crippen LogP contribution in [0.1, 0.15) is 57.4 Å². The standard InChI is InChI=1S/C29H42ClN5O6/c1-20(22-13-15-23(30)16-14-22)33-26(36)24(34-28(39)35-25(27(37)38)12-5-7-17-31)11-6-8-18-32-29(40)41-19-21-9-3-2-4-10-21/h2-4,9-10,13-15,20,23-25H,5-8,11-12,16-19,31H2,1H3,(H,32,40)(H,33,36)(H,37,38)(H2,34,35,39)/t20-,23?,24+,25-/m0/s1. The van der Waals surface area contributed by atoms with Gasteiger partial charge in [-0.05, 0) is 69.6 Å². The highest BCUT2D eigenvalue weighted by Crippen LogP contribution is 2.18. The molecule has 0 saturated carbocycles. The maximum atomic E-state index is 13.2. The number of alkyl halides is 1. The average molecular weight is 592 g/mol. The van der Waals surface area contributed by atoms with Gasteiger partial charge in [-0.2, -0.15) is 0 Å². The minimum Gasteiger partial charge on any atom is -0.480 e. The van der Waals surface area contributed by atoms with Crippen LogP contribution < -0.4 is 27.0 Å². The molecule has 41 heavy (non-hydrogen) atoms. The molecule has 0 aromatic heterocycles. The predicted molar refractivity (Wildman–Crippen MR) is 157 cm³/mol. The first-order valence-electron chi connectivity index (χ1n) is 14.0. The minimum atomic E-state index is -1.16. The molecule has 11 nitrogen and oxygen atoms in total. The molecule has 226 valence electrons. The number of nitrogens with one attached hydrogen (secondary N) is 4. The number of halogens is 1. The van der Waals surface area contributed by atoms with Crippen molar-refractivity contribution in [2.75, 3.05) is 13.1 Å². The summed E-state index contributed by atoms with van der Waals surface area (Å²) in [4.78, 5) is 49.4. The Bertz CT molecular complexity index is 1050. The number of ether oxygens (including phenoxy) is 1. The Morgan fingerprint density at radius 2 is 1.71 bits per heavy atom. The van der Waals surface area contributed by atoms with Gasteiger partial charge in [0, 0.05) is 6.54 Å². The molecule has 0 aliphatic heterocycles. The van der Waals surface area contributed by atoms with Crippen molar-refractivity contribution in [3.05, 3.63) is 59.7 Å². The molecule has 1 aromatic rings. The van der Waals surface area contributed by atoms with E-state index in [0.717, 1.165) is 11.1 Å². The van der Waals surface area contributed by atoms with Crippen LogP contribution in [-0.4, -0.2) is 65.7 Å². The molecule has 2 rings (SSSR count). The fourth-order valence-electron chi connectivity index (χ4n) is 4.14. The van der Waals surface area contributed by atoms with Gasteiger partial charge in [-0.1, -0.05) is 48.6 Å². The lowest BCUT2D eigenvalue weighted by Gasteiger charge is -2.24. The van der Waals surface area contributed by atoms with Crippen LogP contribution in [0.15, 0.2) is 54.1 Å². The van der Waals surface area contributed by atoms with Crippen LogP contribution in [0.2, 0.25) is 0 Å². The normalized spacial score (nSPS) is 16.5. The van der Waals surface area contributed by atoms with Crippen molar-refractivity contribution in [3.8, 4) is 0 Å². The number of carboxylic acids is 1. The number of nitrogens with two attached hydrogens (primary N) is 1. The van der Waals surface area contributed by atoms with E-state index in [2.05, 4.69) is 21.3 Å². The molecule has 12 heteroatoms. The number of allylic oxidation sites excluding steroid dienone is 2. The Balaban J connectivity index is 1.89. The molecule has 0 fully saturated rings. The van der Waals surface area contributed by atoms with Gasteiger partial charge in [-0.25, -0.2) is 14.4 Å². The second-order valence-corrected chi connectivity index (χ2v) is 10.4. The molecular formula is C29H42ClN5O6. The number of carbonyl (C=O) groups is 4. The summed E-state index contributed by atoms with van der Waals surface area (Å²) >= 11 is 6.10. The summed E-state index contributed by atoms with van der Waals surface area (Å²) in [7, 11) is 0. The number of urea groups is 1. The Morgan fingerprint density at radius 1 is 1.02 bits per heavy atom. The fourth-order valence-corrected chi connectivity index (χ4v) is 4.31. The van der Waals surface area contributed by atoms with E-state index in [9.17, 15) is 24.3 Å². The van der Waals surface area contributed by atoms with Crippen LogP contribution in [0.25, 0.3) is 0 Å². The third-order valence-corrected chi connectivity index (χ3v) is 6.83. The van der Waals surface area contributed by atoms with E-state index in [0.29, 0.717) is 45.2 Å². The molecule has 4 atom stereocenters. The molecule has 1 aliphatic carbocycles. The van der Waals surface area contributed by atoms with E-state index < -0.39 is 36.1 Å². The third-order valence-electron chi connectivity index (χ3n) is 6.51. The molecule has 1 unspecified atom stereocenters. The molecular weight excluding hydrogens is 550 g/mol. The average Bonchev–Trinajstić information content (AvgIpc) is 2.95. The van der Waals surface area contributed by atoms with Crippen LogP contribution in [-0.2, 0) is 20.9 Å². The Labute approximate surface area is 246 Å². The molecule has 1 aromatic carbocycles. The van der Waals surface area contributed by atoms with Gasteiger partial charge in [0.2, 0.25) is 5.91 Å². The van der Waals surface area contributed by atoms with Crippen LogP contribution in [0.5, 0.6) is 0 Å². The van der Waals surface area contributed by atoms with Crippen molar-refractivity contribution in [2.45, 2.75) is 82.0 Å². The molecule has 0 spiro atoms. The Morgan fingerprint density at radius 3 is 2.37 bits per heavy atom. The van der Waals surface area contributed by atoms with Crippen LogP contribution in [0.3, 0.4) is 0 Å². The van der Waals surface area contributed by atoms with E-state index in [1.807, 2.05) is 55.5 Å². The molecule has 0 heterocycles. The zero-order valence-corrected chi connectivity index (χ0v) is 24.2. The monoisotopic (exact) mass is 591 g/mol. The van der Waals surface area contributed by atoms with E-state index >= 15 is 0 Å². The maximum absolute atomic E-state index is 13.2. The van der Waals surface area contributed by atoms with Crippen molar-refractivity contribution >= 4 is 35.6 Å². The van der Waals surface area contributed by atoms with E-state index in [1.54, 1.807) is 0 Å². The van der Waals surface area contributed by atoms with Gasteiger partial charge < -0.3 is 36.8 Å². The highest BCUT2D eigenvalue weighted by atomic mass is 35.5. The summed E-state index contributed by atoms with van der Waals surface area (Å²) in [6, 6.07) is 6.23. The maximum Gasteiger partial charge on any atom is 0.407 e. The first-order valence-corrected chi connectivity index (χ1v) is 14.4. The quantitative estimate of drug-likeness (QED) is 0.119. The van der Waals surface area contributed by atoms with E-state index in [-0.39, 0.29) is 30.9 Å². The lowest BCUT2D eigenvalue weighted by molar-refractivity contribution is -0.139. The van der Waals surface area contributed by atoms with Crippen molar-refractivity contribution in [2.24, 2.45) is 5.73 Å². The Hall–Kier alpha value is -3.57. The second kappa shape index (κ2) is 18.7. The van der Waals surface area contributed by atoms with Gasteiger partial charge in [0.25, 0.3) is 0 Å². The first-order chi connectivity index (χ1) is 19.7. The number of benzene rings is 1. The lowest BCUT2D eigenvalue weighted by atomic mass is 10.0. The van der Waals surface area contributed by atoms with Crippen LogP contribution >= 0.6 is 11.6 Å². The molecule has 0 radical (unpaired) electrons. The van der Waals surface area contributed by atoms with Crippen LogP contribution in [0, 0.1) is 0 Å². The molecule has 4 amide bonds. The summed E-state index contributed by atoms with van der Waals surface area (Å²) in [5.74, 6) is -1.56. The van der Waals surface area contributed by atoms with Gasteiger partial charge in [-0.15, -0.1) is 11.6 Å². The zero-order valence-electron chi connectivity index (χ0n) is 23.4. The summed E-state index contributed by atoms with van der Waals surface area (Å²) in [5, 5.41) is 20.1. The second-order valence-electron chi connectivity index (χ2n) is 9.88. The molecule has 0 bridgehead atoms. The number of aliphatic carboxylic acids is 1. The number of alkyl carbamates (subject to hydrolysis) is 1. The highest BCUT2D eigenvalue weighted by molar-refractivity contribution is 6.22. The van der Waals surface area contributed by atoms with Gasteiger partial charge in [-0.3, -0.25) is 4.79 Å². The summed E-state index contributed by atoms with van der Waals surface area (Å²) in [6.45, 7) is 2.75. The number of rotatable bonds is 17. The third kappa shape index (κ3) is 13.6. The zero-order chi connectivity index (χ0) is 30.0. The van der Waals surface area contributed by atoms with E-state index in [1.165, 1.54) is 0 Å². The summed E-state index contributed by atoms with van der Waals surface area (Å²) in [6.07, 6.45) is 8.50. The van der Waals surface area contributed by atoms with Crippen molar-refractivity contribution in [1.29, 1.82) is 0 Å². The lowest BCUT2D eigenvalue weighted by Crippen LogP contribution is -2.54. The molecule has 1 aliphatic rings. The number of unbranched alkanes of at least 4 members (excludes halogenated alkanes) is 2. The van der Waals surface area contributed by atoms with E-state index in [4.69, 9.17) is 22.1 Å². The van der Waals surface area contributed by atoms with Crippen molar-refractivity contribution < 1.29 is 29.0 Å². The fraction of sp³-hybridized carbons (Fsp3) is 0.517. The number of carboxylic acid groups (broad SMARTS) is 1. The largest absolute Gasteiger partial charge is 0.480 e. The van der Waals surface area contributed by atoms with Gasteiger partial charge in [0.1, 0.15) is 18.7 Å². The highest BCUT2D eigenvalue weighted by Gasteiger charge is 2.26. The van der Waals surface area contributed by atoms with Crippen LogP contribution in [0.4, 0.5) is 9.59 Å². The number of hydrogen-bond donors (Lipinski definition) is 6. The number of amides is 4. The van der Waals surface area contributed by atoms with Gasteiger partial charge in [0.05, 0.1) is 11.4 Å². The van der Waals surface area contributed by atoms with Gasteiger partial charge in [0.15, 0.2) is 0 Å². The predicted octanol–water partition coefficient (Wildman–Crippen LogP) is 3.33. The SMILES string of the molecule is C[C@H](NC(=O)[C@@H](CCCCNC(=O)OCc1ccccc1)NC(=O)N[C@@H](CCCCN)C(=O)O)C1=CCC(Cl)C=C1. The van der Waals surface area contributed by atoms with Crippen molar-refractivity contribution in [1.82, 2.24) is 21.3 Å². The topological polar surface area (TPSA) is 172 Å². The number of hydrogen-bond acceptors (Lipinski definition) is 6.